The molecule has 0 radical (unpaired) electrons. The molecule has 100 valence electrons. The first-order valence-electron chi connectivity index (χ1n) is 5.19. The first-order valence-corrected chi connectivity index (χ1v) is 5.19. The second kappa shape index (κ2) is 4.71. The summed E-state index contributed by atoms with van der Waals surface area (Å²) in [6.07, 6.45) is -3.60. The summed E-state index contributed by atoms with van der Waals surface area (Å²) in [5, 5.41) is 6.29. The largest absolute Gasteiger partial charge is 0.417 e. The summed E-state index contributed by atoms with van der Waals surface area (Å²) in [5.41, 5.74) is -1.04. The second-order valence-corrected chi connectivity index (χ2v) is 3.74. The van der Waals surface area contributed by atoms with Gasteiger partial charge in [-0.25, -0.2) is 9.80 Å². The lowest BCUT2D eigenvalue weighted by molar-refractivity contribution is -0.137. The Morgan fingerprint density at radius 3 is 2.53 bits per heavy atom. The highest BCUT2D eigenvalue weighted by molar-refractivity contribution is 6.02. The summed E-state index contributed by atoms with van der Waals surface area (Å²) in [4.78, 5) is 22.0. The van der Waals surface area contributed by atoms with Gasteiger partial charge < -0.3 is 0 Å². The van der Waals surface area contributed by atoms with Crippen LogP contribution in [0.5, 0.6) is 0 Å². The maximum atomic E-state index is 12.7. The van der Waals surface area contributed by atoms with E-state index in [0.29, 0.717) is 0 Å². The van der Waals surface area contributed by atoms with E-state index < -0.39 is 23.7 Å². The molecule has 0 aromatic heterocycles. The zero-order valence-electron chi connectivity index (χ0n) is 9.44. The van der Waals surface area contributed by atoms with Crippen LogP contribution in [0.2, 0.25) is 0 Å². The Hall–Kier alpha value is -2.38. The van der Waals surface area contributed by atoms with Crippen LogP contribution in [0.4, 0.5) is 18.0 Å². The molecule has 1 saturated heterocycles. The monoisotopic (exact) mass is 271 g/mol. The van der Waals surface area contributed by atoms with Crippen molar-refractivity contribution in [2.75, 3.05) is 6.54 Å². The van der Waals surface area contributed by atoms with E-state index in [1.807, 2.05) is 5.32 Å². The predicted octanol–water partition coefficient (Wildman–Crippen LogP) is 1.59. The van der Waals surface area contributed by atoms with Crippen LogP contribution in [0.3, 0.4) is 0 Å². The molecule has 0 unspecified atom stereocenters. The van der Waals surface area contributed by atoms with Crippen LogP contribution in [0, 0.1) is 0 Å². The quantitative estimate of drug-likeness (QED) is 0.656. The van der Waals surface area contributed by atoms with E-state index in [0.717, 1.165) is 17.3 Å². The molecule has 2 rings (SSSR count). The van der Waals surface area contributed by atoms with Gasteiger partial charge in [0, 0.05) is 5.56 Å². The molecule has 8 heteroatoms. The number of carbonyl (C=O) groups is 2. The van der Waals surface area contributed by atoms with E-state index in [2.05, 4.69) is 5.10 Å². The van der Waals surface area contributed by atoms with Gasteiger partial charge in [0.25, 0.3) is 0 Å². The number of alkyl halides is 3. The van der Waals surface area contributed by atoms with Crippen molar-refractivity contribution in [3.05, 3.63) is 35.4 Å². The highest BCUT2D eigenvalue weighted by Gasteiger charge is 2.33. The number of hydrazone groups is 1. The highest BCUT2D eigenvalue weighted by Crippen LogP contribution is 2.31. The second-order valence-electron chi connectivity index (χ2n) is 3.74. The summed E-state index contributed by atoms with van der Waals surface area (Å²) >= 11 is 0. The highest BCUT2D eigenvalue weighted by atomic mass is 19.4. The third-order valence-electron chi connectivity index (χ3n) is 2.38. The van der Waals surface area contributed by atoms with Crippen LogP contribution in [-0.2, 0) is 11.0 Å². The van der Waals surface area contributed by atoms with Crippen LogP contribution in [-0.4, -0.2) is 29.7 Å². The number of halogens is 3. The molecule has 1 N–H and O–H groups in total. The molecule has 0 saturated carbocycles. The number of rotatable bonds is 2. The summed E-state index contributed by atoms with van der Waals surface area (Å²) in [7, 11) is 0. The van der Waals surface area contributed by atoms with Crippen molar-refractivity contribution >= 4 is 18.2 Å². The Morgan fingerprint density at radius 1 is 1.26 bits per heavy atom. The Labute approximate surface area is 105 Å². The standard InChI is InChI=1S/C11H8F3N3O2/c12-11(13,14)8-4-2-1-3-7(8)5-15-17-6-9(18)16-10(17)19/h1-5H,6H2,(H,16,18,19)/b15-5+. The maximum Gasteiger partial charge on any atom is 0.417 e. The normalized spacial score (nSPS) is 16.3. The van der Waals surface area contributed by atoms with Crippen molar-refractivity contribution in [2.24, 2.45) is 5.10 Å². The molecule has 1 aliphatic rings. The third kappa shape index (κ3) is 2.90. The summed E-state index contributed by atoms with van der Waals surface area (Å²) < 4.78 is 38.0. The topological polar surface area (TPSA) is 61.8 Å². The van der Waals surface area contributed by atoms with Gasteiger partial charge in [-0.1, -0.05) is 18.2 Å². The average Bonchev–Trinajstić information content (AvgIpc) is 2.64. The molecule has 0 aliphatic carbocycles. The molecule has 0 bridgehead atoms. The molecule has 0 atom stereocenters. The van der Waals surface area contributed by atoms with Crippen molar-refractivity contribution in [1.82, 2.24) is 10.3 Å². The molecule has 1 aromatic carbocycles. The zero-order chi connectivity index (χ0) is 14.0. The molecular formula is C11H8F3N3O2. The Kier molecular flexibility index (Phi) is 3.24. The lowest BCUT2D eigenvalue weighted by Crippen LogP contribution is -2.24. The Morgan fingerprint density at radius 2 is 1.95 bits per heavy atom. The summed E-state index contributed by atoms with van der Waals surface area (Å²) in [6.45, 7) is -0.302. The number of benzene rings is 1. The zero-order valence-corrected chi connectivity index (χ0v) is 9.44. The molecule has 19 heavy (non-hydrogen) atoms. The van der Waals surface area contributed by atoms with Gasteiger partial charge in [0.1, 0.15) is 6.54 Å². The van der Waals surface area contributed by atoms with Crippen LogP contribution >= 0.6 is 0 Å². The van der Waals surface area contributed by atoms with Gasteiger partial charge in [0.15, 0.2) is 0 Å². The van der Waals surface area contributed by atoms with E-state index in [1.54, 1.807) is 0 Å². The van der Waals surface area contributed by atoms with Gasteiger partial charge in [-0.15, -0.1) is 0 Å². The molecular weight excluding hydrogens is 263 g/mol. The van der Waals surface area contributed by atoms with Crippen molar-refractivity contribution in [3.63, 3.8) is 0 Å². The number of imide groups is 1. The van der Waals surface area contributed by atoms with Crippen LogP contribution in [0.1, 0.15) is 11.1 Å². The number of hydrogen-bond donors (Lipinski definition) is 1. The maximum absolute atomic E-state index is 12.7. The number of amides is 3. The number of carbonyl (C=O) groups excluding carboxylic acids is 2. The summed E-state index contributed by atoms with van der Waals surface area (Å²) in [5.74, 6) is -0.550. The lowest BCUT2D eigenvalue weighted by atomic mass is 10.1. The molecule has 1 aromatic rings. The minimum atomic E-state index is -4.51. The SMILES string of the molecule is O=C1CN(/N=C/c2ccccc2C(F)(F)F)C(=O)N1. The van der Waals surface area contributed by atoms with Gasteiger partial charge in [0.2, 0.25) is 5.91 Å². The molecule has 0 spiro atoms. The third-order valence-corrected chi connectivity index (χ3v) is 2.38. The smallest absolute Gasteiger partial charge is 0.275 e. The molecule has 1 heterocycles. The van der Waals surface area contributed by atoms with E-state index in [9.17, 15) is 22.8 Å². The number of nitrogens with zero attached hydrogens (tertiary/aromatic N) is 2. The lowest BCUT2D eigenvalue weighted by Gasteiger charge is -2.10. The van der Waals surface area contributed by atoms with Gasteiger partial charge in [-0.05, 0) is 6.07 Å². The van der Waals surface area contributed by atoms with Crippen molar-refractivity contribution in [2.45, 2.75) is 6.18 Å². The average molecular weight is 271 g/mol. The predicted molar refractivity (Wildman–Crippen MR) is 59.3 cm³/mol. The van der Waals surface area contributed by atoms with Gasteiger partial charge >= 0.3 is 12.2 Å². The van der Waals surface area contributed by atoms with Crippen LogP contribution in [0.25, 0.3) is 0 Å². The van der Waals surface area contributed by atoms with E-state index in [4.69, 9.17) is 0 Å². The Bertz CT molecular complexity index is 554. The fourth-order valence-corrected chi connectivity index (χ4v) is 1.52. The summed E-state index contributed by atoms with van der Waals surface area (Å²) in [6, 6.07) is 4.06. The fraction of sp³-hybridized carbons (Fsp3) is 0.182. The van der Waals surface area contributed by atoms with E-state index in [-0.39, 0.29) is 12.1 Å². The number of hydrogen-bond acceptors (Lipinski definition) is 3. The van der Waals surface area contributed by atoms with Crippen molar-refractivity contribution < 1.29 is 22.8 Å². The fourth-order valence-electron chi connectivity index (χ4n) is 1.52. The molecule has 1 aliphatic heterocycles. The molecule has 1 fully saturated rings. The molecule has 5 nitrogen and oxygen atoms in total. The first kappa shape index (κ1) is 13.1. The van der Waals surface area contributed by atoms with Crippen LogP contribution in [0.15, 0.2) is 29.4 Å². The molecule has 3 amide bonds. The number of urea groups is 1. The van der Waals surface area contributed by atoms with Gasteiger partial charge in [-0.2, -0.15) is 18.3 Å². The Balaban J connectivity index is 2.24. The van der Waals surface area contributed by atoms with E-state index >= 15 is 0 Å². The van der Waals surface area contributed by atoms with Crippen molar-refractivity contribution in [3.8, 4) is 0 Å². The minimum Gasteiger partial charge on any atom is -0.275 e. The van der Waals surface area contributed by atoms with Gasteiger partial charge in [0.05, 0.1) is 11.8 Å². The first-order chi connectivity index (χ1) is 8.88. The van der Waals surface area contributed by atoms with Crippen molar-refractivity contribution in [1.29, 1.82) is 0 Å². The van der Waals surface area contributed by atoms with Gasteiger partial charge in [-0.3, -0.25) is 10.1 Å². The van der Waals surface area contributed by atoms with Crippen LogP contribution < -0.4 is 5.32 Å². The minimum absolute atomic E-state index is 0.179. The number of nitrogens with one attached hydrogen (secondary N) is 1. The van der Waals surface area contributed by atoms with E-state index in [1.165, 1.54) is 18.2 Å².